The van der Waals surface area contributed by atoms with E-state index in [0.29, 0.717) is 16.8 Å². The third-order valence-electron chi connectivity index (χ3n) is 3.03. The molecule has 0 bridgehead atoms. The second kappa shape index (κ2) is 7.12. The van der Waals surface area contributed by atoms with Crippen LogP contribution in [0.1, 0.15) is 25.8 Å². The zero-order chi connectivity index (χ0) is 14.5. The average molecular weight is 332 g/mol. The second-order valence-electron chi connectivity index (χ2n) is 5.37. The summed E-state index contributed by atoms with van der Waals surface area (Å²) in [5.41, 5.74) is 1.09. The number of methoxy groups -OCH3 is 1. The number of halogens is 1. The number of phenolic OH excluding ortho intramolecular Hbond substituents is 1. The third-order valence-corrected chi connectivity index (χ3v) is 3.63. The fourth-order valence-electron chi connectivity index (χ4n) is 1.82. The van der Waals surface area contributed by atoms with Gasteiger partial charge in [0.15, 0.2) is 11.5 Å². The van der Waals surface area contributed by atoms with Gasteiger partial charge in [0.2, 0.25) is 0 Å². The van der Waals surface area contributed by atoms with E-state index in [9.17, 15) is 5.11 Å². The maximum absolute atomic E-state index is 9.73. The Morgan fingerprint density at radius 1 is 1.37 bits per heavy atom. The Bertz CT molecular complexity index is 421. The molecular formula is C14H22BrNO3. The van der Waals surface area contributed by atoms with Gasteiger partial charge in [-0.1, -0.05) is 13.8 Å². The van der Waals surface area contributed by atoms with Crippen molar-refractivity contribution in [3.63, 3.8) is 0 Å². The first-order valence-corrected chi connectivity index (χ1v) is 7.06. The van der Waals surface area contributed by atoms with Crippen LogP contribution in [0.5, 0.6) is 11.5 Å². The molecule has 4 nitrogen and oxygen atoms in total. The summed E-state index contributed by atoms with van der Waals surface area (Å²) in [5, 5.41) is 22.1. The van der Waals surface area contributed by atoms with Crippen molar-refractivity contribution in [1.82, 2.24) is 5.32 Å². The predicted molar refractivity (Wildman–Crippen MR) is 79.5 cm³/mol. The van der Waals surface area contributed by atoms with Crippen molar-refractivity contribution >= 4 is 15.9 Å². The number of hydrogen-bond acceptors (Lipinski definition) is 4. The van der Waals surface area contributed by atoms with Gasteiger partial charge in [-0.2, -0.15) is 0 Å². The molecule has 0 spiro atoms. The maximum Gasteiger partial charge on any atom is 0.172 e. The van der Waals surface area contributed by atoms with E-state index in [1.54, 1.807) is 0 Å². The zero-order valence-electron chi connectivity index (χ0n) is 11.7. The highest BCUT2D eigenvalue weighted by Gasteiger charge is 2.16. The predicted octanol–water partition coefficient (Wildman–Crippen LogP) is 2.66. The van der Waals surface area contributed by atoms with Gasteiger partial charge in [-0.25, -0.2) is 0 Å². The second-order valence-corrected chi connectivity index (χ2v) is 6.22. The number of aliphatic hydroxyl groups is 1. The number of hydrogen-bond donors (Lipinski definition) is 3. The van der Waals surface area contributed by atoms with Gasteiger partial charge < -0.3 is 20.3 Å². The molecule has 1 rings (SSSR count). The smallest absolute Gasteiger partial charge is 0.172 e. The number of phenols is 1. The summed E-state index contributed by atoms with van der Waals surface area (Å²) in [6.07, 6.45) is 0.766. The van der Waals surface area contributed by atoms with Crippen molar-refractivity contribution in [2.45, 2.75) is 26.8 Å². The molecule has 19 heavy (non-hydrogen) atoms. The van der Waals surface area contributed by atoms with Crippen LogP contribution in [-0.2, 0) is 6.54 Å². The van der Waals surface area contributed by atoms with Crippen LogP contribution >= 0.6 is 15.9 Å². The number of benzene rings is 1. The number of aromatic hydroxyl groups is 1. The number of nitrogens with one attached hydrogen (secondary N) is 1. The van der Waals surface area contributed by atoms with Gasteiger partial charge in [-0.3, -0.25) is 0 Å². The van der Waals surface area contributed by atoms with E-state index in [-0.39, 0.29) is 17.8 Å². The largest absolute Gasteiger partial charge is 0.503 e. The average Bonchev–Trinajstić information content (AvgIpc) is 2.33. The van der Waals surface area contributed by atoms with Crippen molar-refractivity contribution < 1.29 is 14.9 Å². The molecular weight excluding hydrogens is 310 g/mol. The minimum atomic E-state index is 0.0625. The Hall–Kier alpha value is -0.780. The summed E-state index contributed by atoms with van der Waals surface area (Å²) in [6, 6.07) is 3.68. The molecule has 0 saturated carbocycles. The van der Waals surface area contributed by atoms with Crippen molar-refractivity contribution in [3.05, 3.63) is 22.2 Å². The lowest BCUT2D eigenvalue weighted by Crippen LogP contribution is -2.29. The molecule has 0 unspecified atom stereocenters. The van der Waals surface area contributed by atoms with Crippen LogP contribution in [0.4, 0.5) is 0 Å². The van der Waals surface area contributed by atoms with E-state index in [0.717, 1.165) is 18.5 Å². The fraction of sp³-hybridized carbons (Fsp3) is 0.571. The summed E-state index contributed by atoms with van der Waals surface area (Å²) in [5.74, 6) is 0.577. The van der Waals surface area contributed by atoms with Crippen LogP contribution in [0.25, 0.3) is 0 Å². The molecule has 0 amide bonds. The molecule has 108 valence electrons. The molecule has 0 saturated heterocycles. The molecule has 1 aromatic rings. The minimum absolute atomic E-state index is 0.0625. The molecule has 0 radical (unpaired) electrons. The first-order chi connectivity index (χ1) is 8.89. The molecule has 0 heterocycles. The lowest BCUT2D eigenvalue weighted by atomic mass is 9.90. The molecule has 1 aromatic carbocycles. The first-order valence-electron chi connectivity index (χ1n) is 6.26. The number of ether oxygens (including phenoxy) is 1. The van der Waals surface area contributed by atoms with E-state index in [2.05, 4.69) is 35.1 Å². The van der Waals surface area contributed by atoms with Crippen LogP contribution in [0.2, 0.25) is 0 Å². The lowest BCUT2D eigenvalue weighted by molar-refractivity contribution is 0.207. The van der Waals surface area contributed by atoms with Gasteiger partial charge in [0.25, 0.3) is 0 Å². The Balaban J connectivity index is 2.61. The van der Waals surface area contributed by atoms with Crippen LogP contribution in [0.15, 0.2) is 16.6 Å². The van der Waals surface area contributed by atoms with E-state index in [1.807, 2.05) is 12.1 Å². The van der Waals surface area contributed by atoms with Crippen LogP contribution < -0.4 is 10.1 Å². The van der Waals surface area contributed by atoms with Crippen LogP contribution in [0, 0.1) is 5.41 Å². The van der Waals surface area contributed by atoms with Gasteiger partial charge in [-0.05, 0) is 45.5 Å². The van der Waals surface area contributed by atoms with Crippen molar-refractivity contribution in [2.75, 3.05) is 20.3 Å². The molecule has 0 fully saturated rings. The molecule has 5 heteroatoms. The number of rotatable bonds is 7. The SMILES string of the molecule is COc1cc(CNCC(C)(C)CCO)cc(Br)c1O. The van der Waals surface area contributed by atoms with E-state index >= 15 is 0 Å². The van der Waals surface area contributed by atoms with Gasteiger partial charge in [-0.15, -0.1) is 0 Å². The summed E-state index contributed by atoms with van der Waals surface area (Å²) in [6.45, 7) is 5.93. The molecule has 0 aromatic heterocycles. The minimum Gasteiger partial charge on any atom is -0.503 e. The van der Waals surface area contributed by atoms with Gasteiger partial charge in [0.1, 0.15) is 0 Å². The first kappa shape index (κ1) is 16.3. The Labute approximate surface area is 122 Å². The molecule has 3 N–H and O–H groups in total. The highest BCUT2D eigenvalue weighted by molar-refractivity contribution is 9.10. The van der Waals surface area contributed by atoms with Crippen molar-refractivity contribution in [1.29, 1.82) is 0 Å². The molecule has 0 aliphatic heterocycles. The van der Waals surface area contributed by atoms with Crippen molar-refractivity contribution in [3.8, 4) is 11.5 Å². The third kappa shape index (κ3) is 5.01. The van der Waals surface area contributed by atoms with Gasteiger partial charge in [0, 0.05) is 19.7 Å². The summed E-state index contributed by atoms with van der Waals surface area (Å²) in [4.78, 5) is 0. The van der Waals surface area contributed by atoms with Crippen molar-refractivity contribution in [2.24, 2.45) is 5.41 Å². The molecule has 0 aliphatic rings. The van der Waals surface area contributed by atoms with Gasteiger partial charge >= 0.3 is 0 Å². The Kier molecular flexibility index (Phi) is 6.10. The quantitative estimate of drug-likeness (QED) is 0.718. The van der Waals surface area contributed by atoms with E-state index < -0.39 is 0 Å². The van der Waals surface area contributed by atoms with Crippen LogP contribution in [-0.4, -0.2) is 30.5 Å². The molecule has 0 atom stereocenters. The normalized spacial score (nSPS) is 11.6. The molecule has 0 aliphatic carbocycles. The summed E-state index contributed by atoms with van der Waals surface area (Å²) in [7, 11) is 1.53. The van der Waals surface area contributed by atoms with Gasteiger partial charge in [0.05, 0.1) is 11.6 Å². The Morgan fingerprint density at radius 3 is 2.63 bits per heavy atom. The van der Waals surface area contributed by atoms with Crippen LogP contribution in [0.3, 0.4) is 0 Å². The van der Waals surface area contributed by atoms with E-state index in [4.69, 9.17) is 9.84 Å². The maximum atomic E-state index is 9.73. The fourth-order valence-corrected chi connectivity index (χ4v) is 2.31. The number of aliphatic hydroxyl groups excluding tert-OH is 1. The summed E-state index contributed by atoms with van der Waals surface area (Å²) >= 11 is 3.30. The highest BCUT2D eigenvalue weighted by Crippen LogP contribution is 2.35. The zero-order valence-corrected chi connectivity index (χ0v) is 13.2. The topological polar surface area (TPSA) is 61.7 Å². The monoisotopic (exact) mass is 331 g/mol. The lowest BCUT2D eigenvalue weighted by Gasteiger charge is -2.24. The standard InChI is InChI=1S/C14H22BrNO3/c1-14(2,4-5-17)9-16-8-10-6-11(15)13(18)12(7-10)19-3/h6-7,16-18H,4-5,8-9H2,1-3H3. The summed E-state index contributed by atoms with van der Waals surface area (Å²) < 4.78 is 5.73. The van der Waals surface area contributed by atoms with E-state index in [1.165, 1.54) is 7.11 Å². The highest BCUT2D eigenvalue weighted by atomic mass is 79.9. The Morgan fingerprint density at radius 2 is 2.05 bits per heavy atom.